The third-order valence-corrected chi connectivity index (χ3v) is 4.76. The minimum absolute atomic E-state index is 0.0520. The molecule has 0 saturated carbocycles. The van der Waals surface area contributed by atoms with Gasteiger partial charge in [-0.3, -0.25) is 4.79 Å². The number of ether oxygens (including phenoxy) is 2. The molecule has 0 unspecified atom stereocenters. The van der Waals surface area contributed by atoms with Crippen molar-refractivity contribution in [2.24, 2.45) is 0 Å². The number of hydrogen-bond acceptors (Lipinski definition) is 6. The molecule has 8 nitrogen and oxygen atoms in total. The third kappa shape index (κ3) is 4.09. The van der Waals surface area contributed by atoms with Crippen molar-refractivity contribution in [3.05, 3.63) is 57.7 Å². The van der Waals surface area contributed by atoms with Crippen LogP contribution in [0.3, 0.4) is 0 Å². The third-order valence-electron chi connectivity index (χ3n) is 4.14. The van der Waals surface area contributed by atoms with Crippen LogP contribution in [0, 0.1) is 6.92 Å². The van der Waals surface area contributed by atoms with Crippen molar-refractivity contribution in [1.82, 2.24) is 15.0 Å². The first-order valence-corrected chi connectivity index (χ1v) is 9.19. The number of carbonyl (C=O) groups is 1. The summed E-state index contributed by atoms with van der Waals surface area (Å²) in [5.74, 6) is 0.995. The van der Waals surface area contributed by atoms with Gasteiger partial charge in [0.1, 0.15) is 11.5 Å². The fourth-order valence-corrected chi connectivity index (χ4v) is 3.27. The van der Waals surface area contributed by atoms with Crippen LogP contribution in [0.5, 0.6) is 11.5 Å². The number of rotatable bonds is 6. The van der Waals surface area contributed by atoms with E-state index in [2.05, 4.69) is 31.6 Å². The average Bonchev–Trinajstić information content (AvgIpc) is 3.02. The van der Waals surface area contributed by atoms with Crippen molar-refractivity contribution in [3.8, 4) is 11.5 Å². The summed E-state index contributed by atoms with van der Waals surface area (Å²) >= 11 is 3.45. The van der Waals surface area contributed by atoms with Crippen LogP contribution >= 0.6 is 15.9 Å². The van der Waals surface area contributed by atoms with Gasteiger partial charge in [0, 0.05) is 0 Å². The molecule has 3 aromatic rings. The quantitative estimate of drug-likeness (QED) is 0.603. The molecular weight excluding hydrogens is 426 g/mol. The number of anilines is 2. The fourth-order valence-electron chi connectivity index (χ4n) is 2.68. The molecule has 3 rings (SSSR count). The van der Waals surface area contributed by atoms with E-state index in [0.29, 0.717) is 18.0 Å². The van der Waals surface area contributed by atoms with E-state index in [-0.39, 0.29) is 11.5 Å². The number of aryl methyl sites for hydroxylation is 1. The first-order chi connectivity index (χ1) is 13.4. The second-order valence-corrected chi connectivity index (χ2v) is 6.96. The highest BCUT2D eigenvalue weighted by atomic mass is 79.9. The first-order valence-electron chi connectivity index (χ1n) is 8.40. The summed E-state index contributed by atoms with van der Waals surface area (Å²) in [5, 5.41) is 10.7. The summed E-state index contributed by atoms with van der Waals surface area (Å²) in [6.45, 7) is 2.29. The van der Waals surface area contributed by atoms with Crippen LogP contribution < -0.4 is 20.5 Å². The van der Waals surface area contributed by atoms with Crippen molar-refractivity contribution in [2.45, 2.75) is 13.5 Å². The van der Waals surface area contributed by atoms with Crippen LogP contribution in [-0.2, 0) is 6.54 Å². The summed E-state index contributed by atoms with van der Waals surface area (Å²) in [6, 6.07) is 11.1. The second kappa shape index (κ2) is 8.30. The van der Waals surface area contributed by atoms with E-state index >= 15 is 0 Å². The zero-order chi connectivity index (χ0) is 20.3. The molecule has 0 radical (unpaired) electrons. The van der Waals surface area contributed by atoms with Crippen molar-refractivity contribution in [2.75, 3.05) is 25.3 Å². The molecule has 1 heterocycles. The molecule has 0 aliphatic rings. The Kier molecular flexibility index (Phi) is 5.84. The van der Waals surface area contributed by atoms with Crippen LogP contribution in [0.15, 0.2) is 40.9 Å². The summed E-state index contributed by atoms with van der Waals surface area (Å²) in [5.41, 5.74) is 8.62. The minimum atomic E-state index is -0.455. The van der Waals surface area contributed by atoms with E-state index in [4.69, 9.17) is 15.2 Å². The lowest BCUT2D eigenvalue weighted by Gasteiger charge is -2.10. The minimum Gasteiger partial charge on any atom is -0.496 e. The largest absolute Gasteiger partial charge is 0.496 e. The zero-order valence-corrected chi connectivity index (χ0v) is 17.3. The van der Waals surface area contributed by atoms with E-state index in [9.17, 15) is 4.79 Å². The number of nitrogens with one attached hydrogen (secondary N) is 1. The van der Waals surface area contributed by atoms with Gasteiger partial charge >= 0.3 is 0 Å². The number of amides is 1. The molecule has 0 fully saturated rings. The molecule has 28 heavy (non-hydrogen) atoms. The average molecular weight is 446 g/mol. The maximum absolute atomic E-state index is 12.6. The number of hydrogen-bond donors (Lipinski definition) is 2. The summed E-state index contributed by atoms with van der Waals surface area (Å²) in [6.07, 6.45) is 0. The highest BCUT2D eigenvalue weighted by molar-refractivity contribution is 9.10. The summed E-state index contributed by atoms with van der Waals surface area (Å²) in [4.78, 5) is 12.6. The molecular formula is C19H20BrN5O3. The highest BCUT2D eigenvalue weighted by Crippen LogP contribution is 2.27. The van der Waals surface area contributed by atoms with Gasteiger partial charge in [-0.1, -0.05) is 17.3 Å². The maximum Gasteiger partial charge on any atom is 0.280 e. The topological polar surface area (TPSA) is 104 Å². The standard InChI is InChI=1S/C19H20BrN5O3/c1-11-4-6-16(28-3)14(8-11)22-19(26)17-18(21)25(24-23-17)10-12-5-7-15(27-2)13(20)9-12/h4-9H,10,21H2,1-3H3,(H,22,26). The molecule has 2 aromatic carbocycles. The Morgan fingerprint density at radius 2 is 1.89 bits per heavy atom. The molecule has 1 aromatic heterocycles. The van der Waals surface area contributed by atoms with Crippen molar-refractivity contribution >= 4 is 33.3 Å². The van der Waals surface area contributed by atoms with Crippen molar-refractivity contribution in [3.63, 3.8) is 0 Å². The highest BCUT2D eigenvalue weighted by Gasteiger charge is 2.19. The van der Waals surface area contributed by atoms with E-state index in [1.165, 1.54) is 11.8 Å². The SMILES string of the molecule is COc1ccc(Cn2nnc(C(=O)Nc3cc(C)ccc3OC)c2N)cc1Br. The van der Waals surface area contributed by atoms with Gasteiger partial charge in [0.2, 0.25) is 0 Å². The predicted octanol–water partition coefficient (Wildman–Crippen LogP) is 3.25. The van der Waals surface area contributed by atoms with Crippen LogP contribution in [-0.4, -0.2) is 35.1 Å². The van der Waals surface area contributed by atoms with Crippen LogP contribution in [0.25, 0.3) is 0 Å². The van der Waals surface area contributed by atoms with Gasteiger partial charge in [-0.2, -0.15) is 0 Å². The summed E-state index contributed by atoms with van der Waals surface area (Å²) in [7, 11) is 3.14. The molecule has 146 valence electrons. The zero-order valence-electron chi connectivity index (χ0n) is 15.7. The predicted molar refractivity (Wildman–Crippen MR) is 110 cm³/mol. The van der Waals surface area contributed by atoms with Gasteiger partial charge in [0.15, 0.2) is 11.5 Å². The Labute approximate surface area is 170 Å². The van der Waals surface area contributed by atoms with Gasteiger partial charge in [0.05, 0.1) is 30.9 Å². The Bertz CT molecular complexity index is 1020. The number of nitrogens with zero attached hydrogens (tertiary/aromatic N) is 3. The smallest absolute Gasteiger partial charge is 0.280 e. The van der Waals surface area contributed by atoms with Gasteiger partial charge in [-0.15, -0.1) is 5.10 Å². The molecule has 0 bridgehead atoms. The number of benzene rings is 2. The first kappa shape index (κ1) is 19.7. The molecule has 0 aliphatic carbocycles. The van der Waals surface area contributed by atoms with E-state index in [1.54, 1.807) is 13.2 Å². The van der Waals surface area contributed by atoms with Gasteiger partial charge in [-0.05, 0) is 58.2 Å². The maximum atomic E-state index is 12.6. The Balaban J connectivity index is 1.80. The van der Waals surface area contributed by atoms with Gasteiger partial charge in [0.25, 0.3) is 5.91 Å². The molecule has 0 atom stereocenters. The molecule has 0 saturated heterocycles. The molecule has 3 N–H and O–H groups in total. The van der Waals surface area contributed by atoms with Crippen molar-refractivity contribution in [1.29, 1.82) is 0 Å². The van der Waals surface area contributed by atoms with E-state index in [1.807, 2.05) is 37.3 Å². The number of halogens is 1. The van der Waals surface area contributed by atoms with E-state index in [0.717, 1.165) is 21.3 Å². The van der Waals surface area contributed by atoms with Crippen LogP contribution in [0.2, 0.25) is 0 Å². The Morgan fingerprint density at radius 3 is 2.57 bits per heavy atom. The number of nitrogens with two attached hydrogens (primary N) is 1. The van der Waals surface area contributed by atoms with Crippen LogP contribution in [0.1, 0.15) is 21.6 Å². The lowest BCUT2D eigenvalue weighted by Crippen LogP contribution is -2.16. The molecule has 0 aliphatic heterocycles. The number of aromatic nitrogens is 3. The summed E-state index contributed by atoms with van der Waals surface area (Å²) < 4.78 is 12.8. The number of carbonyl (C=O) groups excluding carboxylic acids is 1. The Hall–Kier alpha value is -3.07. The Morgan fingerprint density at radius 1 is 1.18 bits per heavy atom. The van der Waals surface area contributed by atoms with Crippen LogP contribution in [0.4, 0.5) is 11.5 Å². The molecule has 1 amide bonds. The van der Waals surface area contributed by atoms with E-state index < -0.39 is 5.91 Å². The van der Waals surface area contributed by atoms with Gasteiger partial charge < -0.3 is 20.5 Å². The number of methoxy groups -OCH3 is 2. The fraction of sp³-hybridized carbons (Fsp3) is 0.211. The second-order valence-electron chi connectivity index (χ2n) is 6.11. The monoisotopic (exact) mass is 445 g/mol. The van der Waals surface area contributed by atoms with Crippen molar-refractivity contribution < 1.29 is 14.3 Å². The van der Waals surface area contributed by atoms with Gasteiger partial charge in [-0.25, -0.2) is 4.68 Å². The number of nitrogen functional groups attached to an aromatic ring is 1. The lowest BCUT2D eigenvalue weighted by atomic mass is 10.2. The molecule has 9 heteroatoms. The molecule has 0 spiro atoms. The lowest BCUT2D eigenvalue weighted by molar-refractivity contribution is 0.102. The normalized spacial score (nSPS) is 10.6.